The van der Waals surface area contributed by atoms with Crippen molar-refractivity contribution in [1.29, 1.82) is 5.41 Å². The number of carboxylic acid groups (broad SMARTS) is 1. The molecule has 0 heterocycles. The van der Waals surface area contributed by atoms with E-state index in [1.807, 2.05) is 0 Å². The zero-order chi connectivity index (χ0) is 12.2. The Morgan fingerprint density at radius 3 is 2.27 bits per heavy atom. The predicted octanol–water partition coefficient (Wildman–Crippen LogP) is -1.85. The van der Waals surface area contributed by atoms with Gasteiger partial charge in [-0.05, 0) is 6.92 Å². The predicted molar refractivity (Wildman–Crippen MR) is 48.9 cm³/mol. The Bertz CT molecular complexity index is 278. The fourth-order valence-corrected chi connectivity index (χ4v) is 0.630. The molecule has 2 atom stereocenters. The largest absolute Gasteiger partial charge is 0.477 e. The van der Waals surface area contributed by atoms with Crippen molar-refractivity contribution in [2.75, 3.05) is 7.05 Å². The standard InChI is InChI=1S/C7H13N3O5/c1-3(11)6(14)15-4(5(12)13)10(2)7(8)9/h3-4,11H,1-2H3,(H3,8,9)(H,12,13). The van der Waals surface area contributed by atoms with Crippen molar-refractivity contribution in [2.45, 2.75) is 19.3 Å². The second-order valence-electron chi connectivity index (χ2n) is 2.80. The molecule has 5 N–H and O–H groups in total. The number of nitrogens with two attached hydrogens (primary N) is 1. The van der Waals surface area contributed by atoms with Gasteiger partial charge in [0.25, 0.3) is 6.23 Å². The van der Waals surface area contributed by atoms with Crippen LogP contribution < -0.4 is 5.73 Å². The maximum atomic E-state index is 10.9. The van der Waals surface area contributed by atoms with Crippen LogP contribution in [0.15, 0.2) is 0 Å². The molecule has 0 radical (unpaired) electrons. The summed E-state index contributed by atoms with van der Waals surface area (Å²) in [7, 11) is 1.18. The minimum Gasteiger partial charge on any atom is -0.477 e. The van der Waals surface area contributed by atoms with Gasteiger partial charge in [-0.1, -0.05) is 0 Å². The summed E-state index contributed by atoms with van der Waals surface area (Å²) in [5.74, 6) is -3.15. The quantitative estimate of drug-likeness (QED) is 0.188. The van der Waals surface area contributed by atoms with Crippen LogP contribution in [0.4, 0.5) is 0 Å². The van der Waals surface area contributed by atoms with Crippen molar-refractivity contribution < 1.29 is 24.5 Å². The Labute approximate surface area is 85.7 Å². The van der Waals surface area contributed by atoms with Gasteiger partial charge in [0.05, 0.1) is 0 Å². The summed E-state index contributed by atoms with van der Waals surface area (Å²) < 4.78 is 4.41. The van der Waals surface area contributed by atoms with E-state index in [4.69, 9.17) is 21.4 Å². The lowest BCUT2D eigenvalue weighted by Gasteiger charge is -2.24. The first kappa shape index (κ1) is 13.2. The number of rotatable bonds is 4. The third kappa shape index (κ3) is 3.81. The summed E-state index contributed by atoms with van der Waals surface area (Å²) >= 11 is 0. The molecule has 0 fully saturated rings. The lowest BCUT2D eigenvalue weighted by atomic mass is 10.4. The van der Waals surface area contributed by atoms with Gasteiger partial charge in [-0.2, -0.15) is 0 Å². The van der Waals surface area contributed by atoms with Crippen LogP contribution in [0.2, 0.25) is 0 Å². The molecule has 0 aliphatic heterocycles. The van der Waals surface area contributed by atoms with E-state index in [1.165, 1.54) is 7.05 Å². The number of hydrogen-bond acceptors (Lipinski definition) is 5. The first-order valence-electron chi connectivity index (χ1n) is 3.95. The van der Waals surface area contributed by atoms with Gasteiger partial charge in [0, 0.05) is 7.05 Å². The number of ether oxygens (including phenoxy) is 1. The molecule has 0 rings (SSSR count). The van der Waals surface area contributed by atoms with Gasteiger partial charge in [-0.15, -0.1) is 0 Å². The molecule has 86 valence electrons. The number of guanidine groups is 1. The second-order valence-corrected chi connectivity index (χ2v) is 2.80. The first-order chi connectivity index (χ1) is 6.77. The van der Waals surface area contributed by atoms with Crippen molar-refractivity contribution >= 4 is 17.9 Å². The maximum absolute atomic E-state index is 10.9. The minimum absolute atomic E-state index is 0.569. The number of carboxylic acids is 1. The molecule has 8 heteroatoms. The third-order valence-electron chi connectivity index (χ3n) is 1.51. The van der Waals surface area contributed by atoms with Crippen LogP contribution in [0.1, 0.15) is 6.92 Å². The lowest BCUT2D eigenvalue weighted by molar-refractivity contribution is -0.177. The number of carbonyl (C=O) groups excluding carboxylic acids is 1. The zero-order valence-electron chi connectivity index (χ0n) is 8.30. The highest BCUT2D eigenvalue weighted by Crippen LogP contribution is 2.01. The van der Waals surface area contributed by atoms with Gasteiger partial charge in [0.15, 0.2) is 5.96 Å². The van der Waals surface area contributed by atoms with E-state index in [-0.39, 0.29) is 0 Å². The molecule has 2 unspecified atom stereocenters. The van der Waals surface area contributed by atoms with E-state index < -0.39 is 30.2 Å². The molecule has 0 saturated heterocycles. The smallest absolute Gasteiger partial charge is 0.367 e. The fraction of sp³-hybridized carbons (Fsp3) is 0.571. The highest BCUT2D eigenvalue weighted by Gasteiger charge is 2.29. The van der Waals surface area contributed by atoms with Crippen molar-refractivity contribution in [1.82, 2.24) is 4.90 Å². The second kappa shape index (κ2) is 5.15. The van der Waals surface area contributed by atoms with Crippen molar-refractivity contribution in [3.63, 3.8) is 0 Å². The van der Waals surface area contributed by atoms with E-state index in [0.29, 0.717) is 0 Å². The normalized spacial score (nSPS) is 13.8. The summed E-state index contributed by atoms with van der Waals surface area (Å²) in [5, 5.41) is 24.4. The number of nitrogens with one attached hydrogen (secondary N) is 1. The highest BCUT2D eigenvalue weighted by molar-refractivity contribution is 5.84. The number of carbonyl (C=O) groups is 2. The molecular formula is C7H13N3O5. The topological polar surface area (TPSA) is 137 Å². The Morgan fingerprint density at radius 2 is 2.00 bits per heavy atom. The van der Waals surface area contributed by atoms with Gasteiger partial charge in [-0.3, -0.25) is 5.41 Å². The van der Waals surface area contributed by atoms with E-state index in [9.17, 15) is 9.59 Å². The van der Waals surface area contributed by atoms with E-state index >= 15 is 0 Å². The molecule has 0 aliphatic carbocycles. The molecule has 0 aliphatic rings. The number of aliphatic hydroxyl groups is 1. The number of aliphatic carboxylic acids is 1. The zero-order valence-corrected chi connectivity index (χ0v) is 8.30. The van der Waals surface area contributed by atoms with Crippen molar-refractivity contribution in [3.8, 4) is 0 Å². The summed E-state index contributed by atoms with van der Waals surface area (Å²) in [6, 6.07) is 0. The fourth-order valence-electron chi connectivity index (χ4n) is 0.630. The summed E-state index contributed by atoms with van der Waals surface area (Å²) in [6.45, 7) is 1.13. The Balaban J connectivity index is 4.62. The third-order valence-corrected chi connectivity index (χ3v) is 1.51. The molecule has 0 amide bonds. The van der Waals surface area contributed by atoms with Crippen LogP contribution in [-0.4, -0.2) is 52.4 Å². The van der Waals surface area contributed by atoms with E-state index in [0.717, 1.165) is 11.8 Å². The van der Waals surface area contributed by atoms with Crippen LogP contribution in [0.5, 0.6) is 0 Å². The molecule has 8 nitrogen and oxygen atoms in total. The Kier molecular flexibility index (Phi) is 4.52. The number of hydrogen-bond donors (Lipinski definition) is 4. The average molecular weight is 219 g/mol. The Hall–Kier alpha value is -1.83. The SMILES string of the molecule is CC(O)C(=O)OC(C(=O)O)N(C)C(=N)N. The molecule has 0 spiro atoms. The van der Waals surface area contributed by atoms with Crippen LogP contribution in [0, 0.1) is 5.41 Å². The number of likely N-dealkylation sites (N-methyl/N-ethyl adjacent to an activating group) is 1. The van der Waals surface area contributed by atoms with Gasteiger partial charge in [-0.25, -0.2) is 9.59 Å². The van der Waals surface area contributed by atoms with Crippen molar-refractivity contribution in [2.24, 2.45) is 5.73 Å². The number of nitrogens with zero attached hydrogens (tertiary/aromatic N) is 1. The average Bonchev–Trinajstić information content (AvgIpc) is 2.11. The Morgan fingerprint density at radius 1 is 1.53 bits per heavy atom. The first-order valence-corrected chi connectivity index (χ1v) is 3.95. The molecule has 0 aromatic carbocycles. The molecule has 15 heavy (non-hydrogen) atoms. The van der Waals surface area contributed by atoms with Gasteiger partial charge in [0.2, 0.25) is 0 Å². The van der Waals surface area contributed by atoms with Crippen LogP contribution in [0.3, 0.4) is 0 Å². The molecule has 0 aromatic heterocycles. The number of aliphatic hydroxyl groups excluding tert-OH is 1. The molecular weight excluding hydrogens is 206 g/mol. The van der Waals surface area contributed by atoms with Crippen LogP contribution in [-0.2, 0) is 14.3 Å². The van der Waals surface area contributed by atoms with Crippen LogP contribution >= 0.6 is 0 Å². The summed E-state index contributed by atoms with van der Waals surface area (Å²) in [4.78, 5) is 22.3. The summed E-state index contributed by atoms with van der Waals surface area (Å²) in [6.07, 6.45) is -3.16. The lowest BCUT2D eigenvalue weighted by Crippen LogP contribution is -2.48. The van der Waals surface area contributed by atoms with Gasteiger partial charge in [0.1, 0.15) is 6.10 Å². The van der Waals surface area contributed by atoms with E-state index in [1.54, 1.807) is 0 Å². The molecule has 0 aromatic rings. The van der Waals surface area contributed by atoms with Crippen molar-refractivity contribution in [3.05, 3.63) is 0 Å². The molecule has 0 saturated carbocycles. The van der Waals surface area contributed by atoms with Gasteiger partial charge < -0.3 is 25.6 Å². The summed E-state index contributed by atoms with van der Waals surface area (Å²) in [5.41, 5.74) is 5.02. The highest BCUT2D eigenvalue weighted by atomic mass is 16.6. The maximum Gasteiger partial charge on any atom is 0.367 e. The van der Waals surface area contributed by atoms with Gasteiger partial charge >= 0.3 is 11.9 Å². The van der Waals surface area contributed by atoms with E-state index in [2.05, 4.69) is 4.74 Å². The van der Waals surface area contributed by atoms with Crippen LogP contribution in [0.25, 0.3) is 0 Å². The minimum atomic E-state index is -1.72. The monoisotopic (exact) mass is 219 g/mol. The number of esters is 1. The molecule has 0 bridgehead atoms.